The topological polar surface area (TPSA) is 155 Å². The number of aliphatic hydroxyl groups excluding tert-OH is 3. The first-order chi connectivity index (χ1) is 16.6. The maximum absolute atomic E-state index is 12.6. The molecule has 0 radical (unpaired) electrons. The summed E-state index contributed by atoms with van der Waals surface area (Å²) in [5, 5.41) is 29.6. The van der Waals surface area contributed by atoms with E-state index in [9.17, 15) is 20.1 Å². The Kier molecular flexibility index (Phi) is 5.90. The van der Waals surface area contributed by atoms with Crippen LogP contribution in [0.15, 0.2) is 67.3 Å². The van der Waals surface area contributed by atoms with Gasteiger partial charge in [-0.15, -0.1) is 0 Å². The molecule has 1 fully saturated rings. The lowest BCUT2D eigenvalue weighted by molar-refractivity contribution is -0.0511. The third kappa shape index (κ3) is 3.97. The van der Waals surface area contributed by atoms with Gasteiger partial charge in [-0.3, -0.25) is 20.2 Å². The summed E-state index contributed by atoms with van der Waals surface area (Å²) >= 11 is 0. The highest BCUT2D eigenvalue weighted by Gasteiger charge is 2.44. The molecule has 174 valence electrons. The Morgan fingerprint density at radius 3 is 2.41 bits per heavy atom. The van der Waals surface area contributed by atoms with E-state index in [1.165, 1.54) is 17.2 Å². The van der Waals surface area contributed by atoms with E-state index in [4.69, 9.17) is 4.74 Å². The number of aliphatic hydroxyl groups is 3. The molecule has 11 heteroatoms. The van der Waals surface area contributed by atoms with Gasteiger partial charge >= 0.3 is 0 Å². The number of carbonyl (C=O) groups excluding carboxylic acids is 1. The van der Waals surface area contributed by atoms with Crippen LogP contribution in [-0.2, 0) is 4.74 Å². The molecule has 1 aliphatic rings. The van der Waals surface area contributed by atoms with Crippen molar-refractivity contribution in [2.45, 2.75) is 24.5 Å². The van der Waals surface area contributed by atoms with Crippen LogP contribution in [0.5, 0.6) is 0 Å². The molecule has 1 amide bonds. The van der Waals surface area contributed by atoms with Gasteiger partial charge in [-0.2, -0.15) is 0 Å². The van der Waals surface area contributed by atoms with Gasteiger partial charge in [0.25, 0.3) is 5.91 Å². The van der Waals surface area contributed by atoms with Crippen LogP contribution in [0.4, 0.5) is 5.82 Å². The lowest BCUT2D eigenvalue weighted by Gasteiger charge is -2.16. The number of hydrogen-bond acceptors (Lipinski definition) is 9. The van der Waals surface area contributed by atoms with Crippen LogP contribution in [0, 0.1) is 0 Å². The minimum atomic E-state index is -1.28. The maximum Gasteiger partial charge on any atom is 0.269 e. The van der Waals surface area contributed by atoms with Crippen LogP contribution in [0.1, 0.15) is 16.6 Å². The Morgan fingerprint density at radius 2 is 1.71 bits per heavy atom. The van der Waals surface area contributed by atoms with Crippen molar-refractivity contribution in [1.82, 2.24) is 24.9 Å². The first kappa shape index (κ1) is 21.9. The molecule has 2 aromatic heterocycles. The number of hydrazine groups is 1. The van der Waals surface area contributed by atoms with Gasteiger partial charge < -0.3 is 20.1 Å². The van der Waals surface area contributed by atoms with Crippen molar-refractivity contribution in [3.63, 3.8) is 0 Å². The van der Waals surface area contributed by atoms with Crippen LogP contribution < -0.4 is 10.9 Å². The lowest BCUT2D eigenvalue weighted by atomic mass is 10.0. The summed E-state index contributed by atoms with van der Waals surface area (Å²) in [5.41, 5.74) is 8.49. The van der Waals surface area contributed by atoms with Crippen molar-refractivity contribution >= 4 is 22.9 Å². The Balaban J connectivity index is 1.31. The molecule has 3 heterocycles. The van der Waals surface area contributed by atoms with Crippen molar-refractivity contribution in [1.29, 1.82) is 0 Å². The van der Waals surface area contributed by atoms with Gasteiger partial charge in [-0.1, -0.05) is 42.5 Å². The van der Waals surface area contributed by atoms with E-state index in [1.807, 2.05) is 42.5 Å². The molecule has 0 bridgehead atoms. The number of nitrogens with zero attached hydrogens (tertiary/aromatic N) is 4. The summed E-state index contributed by atoms with van der Waals surface area (Å²) in [4.78, 5) is 25.2. The summed E-state index contributed by atoms with van der Waals surface area (Å²) in [5.74, 6) is -0.126. The van der Waals surface area contributed by atoms with Crippen LogP contribution in [0.2, 0.25) is 0 Å². The van der Waals surface area contributed by atoms with Gasteiger partial charge in [0.1, 0.15) is 24.6 Å². The lowest BCUT2D eigenvalue weighted by Crippen LogP contribution is -2.33. The molecule has 5 rings (SSSR count). The number of amides is 1. The highest BCUT2D eigenvalue weighted by molar-refractivity contribution is 5.96. The molecular formula is C23H22N6O5. The van der Waals surface area contributed by atoms with Crippen molar-refractivity contribution in [3.8, 4) is 11.1 Å². The van der Waals surface area contributed by atoms with E-state index < -0.39 is 31.1 Å². The zero-order chi connectivity index (χ0) is 23.7. The first-order valence-electron chi connectivity index (χ1n) is 10.6. The molecule has 0 saturated carbocycles. The van der Waals surface area contributed by atoms with Crippen LogP contribution >= 0.6 is 0 Å². The Bertz CT molecular complexity index is 1300. The average molecular weight is 462 g/mol. The number of aromatic nitrogens is 4. The fraction of sp³-hybridized carbons (Fsp3) is 0.217. The van der Waals surface area contributed by atoms with E-state index in [0.717, 1.165) is 11.1 Å². The van der Waals surface area contributed by atoms with Gasteiger partial charge in [0.15, 0.2) is 23.2 Å². The first-order valence-corrected chi connectivity index (χ1v) is 10.6. The Labute approximate surface area is 193 Å². The summed E-state index contributed by atoms with van der Waals surface area (Å²) < 4.78 is 6.99. The number of benzene rings is 2. The second-order valence-corrected chi connectivity index (χ2v) is 7.80. The molecule has 0 aliphatic carbocycles. The Hall–Kier alpha value is -3.90. The standard InChI is InChI=1S/C23H22N6O5/c30-10-16-18(31)19(32)23(34-16)29-12-26-17-20(24-11-25-21(17)29)27-28-22(33)15-8-6-14(7-9-15)13-4-2-1-3-5-13/h1-9,11-12,16,18-19,23,30-32H,10H2,(H,28,33)(H,24,25,27)/t16-,18-,19-,23-/m1/s1. The summed E-state index contributed by atoms with van der Waals surface area (Å²) in [7, 11) is 0. The summed E-state index contributed by atoms with van der Waals surface area (Å²) in [6.45, 7) is -0.443. The quantitative estimate of drug-likeness (QED) is 0.262. The van der Waals surface area contributed by atoms with Crippen molar-refractivity contribution in [3.05, 3.63) is 72.8 Å². The predicted octanol–water partition coefficient (Wildman–Crippen LogP) is 0.862. The third-order valence-corrected chi connectivity index (χ3v) is 5.70. The monoisotopic (exact) mass is 462 g/mol. The molecule has 1 saturated heterocycles. The van der Waals surface area contributed by atoms with E-state index in [1.54, 1.807) is 12.1 Å². The number of anilines is 1. The van der Waals surface area contributed by atoms with Crippen molar-refractivity contribution in [2.75, 3.05) is 12.0 Å². The SMILES string of the molecule is O=C(NNc1ncnc2c1ncn2[C@@H]1O[C@H](CO)[C@@H](O)[C@H]1O)c1ccc(-c2ccccc2)cc1. The van der Waals surface area contributed by atoms with Crippen LogP contribution in [-0.4, -0.2) is 65.7 Å². The normalized spacial score (nSPS) is 22.1. The highest BCUT2D eigenvalue weighted by Crippen LogP contribution is 2.32. The number of ether oxygens (including phenoxy) is 1. The minimum Gasteiger partial charge on any atom is -0.394 e. The number of hydrogen-bond donors (Lipinski definition) is 5. The molecule has 34 heavy (non-hydrogen) atoms. The molecule has 0 spiro atoms. The number of nitrogens with one attached hydrogen (secondary N) is 2. The molecule has 5 N–H and O–H groups in total. The van der Waals surface area contributed by atoms with E-state index in [-0.39, 0.29) is 11.7 Å². The molecule has 0 unspecified atom stereocenters. The second-order valence-electron chi connectivity index (χ2n) is 7.80. The van der Waals surface area contributed by atoms with E-state index in [0.29, 0.717) is 16.7 Å². The third-order valence-electron chi connectivity index (χ3n) is 5.70. The number of carbonyl (C=O) groups is 1. The van der Waals surface area contributed by atoms with Crippen LogP contribution in [0.25, 0.3) is 22.3 Å². The second kappa shape index (κ2) is 9.15. The fourth-order valence-electron chi connectivity index (χ4n) is 3.87. The van der Waals surface area contributed by atoms with E-state index >= 15 is 0 Å². The fourth-order valence-corrected chi connectivity index (χ4v) is 3.87. The number of fused-ring (bicyclic) bond motifs is 1. The van der Waals surface area contributed by atoms with Crippen molar-refractivity contribution in [2.24, 2.45) is 0 Å². The number of imidazole rings is 1. The number of rotatable bonds is 6. The van der Waals surface area contributed by atoms with Crippen LogP contribution in [0.3, 0.4) is 0 Å². The summed E-state index contributed by atoms with van der Waals surface area (Å²) in [6.07, 6.45) is -1.79. The molecule has 2 aromatic carbocycles. The molecule has 4 aromatic rings. The van der Waals surface area contributed by atoms with Gasteiger partial charge in [0.2, 0.25) is 0 Å². The highest BCUT2D eigenvalue weighted by atomic mass is 16.6. The van der Waals surface area contributed by atoms with Crippen molar-refractivity contribution < 1.29 is 24.9 Å². The molecular weight excluding hydrogens is 440 g/mol. The Morgan fingerprint density at radius 1 is 0.971 bits per heavy atom. The molecule has 4 atom stereocenters. The zero-order valence-electron chi connectivity index (χ0n) is 17.8. The minimum absolute atomic E-state index is 0.241. The van der Waals surface area contributed by atoms with Gasteiger partial charge in [0, 0.05) is 5.56 Å². The maximum atomic E-state index is 12.6. The van der Waals surface area contributed by atoms with E-state index in [2.05, 4.69) is 25.8 Å². The molecule has 1 aliphatic heterocycles. The summed E-state index contributed by atoms with van der Waals surface area (Å²) in [6, 6.07) is 17.0. The van der Waals surface area contributed by atoms with Gasteiger partial charge in [-0.05, 0) is 23.3 Å². The average Bonchev–Trinajstić information content (AvgIpc) is 3.44. The smallest absolute Gasteiger partial charge is 0.269 e. The predicted molar refractivity (Wildman–Crippen MR) is 121 cm³/mol. The van der Waals surface area contributed by atoms with Gasteiger partial charge in [0.05, 0.1) is 12.9 Å². The van der Waals surface area contributed by atoms with Gasteiger partial charge in [-0.25, -0.2) is 15.0 Å². The largest absolute Gasteiger partial charge is 0.394 e. The molecule has 11 nitrogen and oxygen atoms in total. The zero-order valence-corrected chi connectivity index (χ0v) is 17.8.